The van der Waals surface area contributed by atoms with Gasteiger partial charge in [-0.05, 0) is 69.2 Å². The maximum absolute atomic E-state index is 14.0. The fourth-order valence-corrected chi connectivity index (χ4v) is 7.12. The number of hydrogen-bond donors (Lipinski definition) is 6. The van der Waals surface area contributed by atoms with Crippen molar-refractivity contribution in [3.8, 4) is 0 Å². The van der Waals surface area contributed by atoms with Crippen molar-refractivity contribution >= 4 is 57.0 Å². The molecule has 0 saturated carbocycles. The first kappa shape index (κ1) is 37.4. The highest BCUT2D eigenvalue weighted by molar-refractivity contribution is 7.16. The van der Waals surface area contributed by atoms with E-state index >= 15 is 0 Å². The van der Waals surface area contributed by atoms with Crippen molar-refractivity contribution in [2.45, 2.75) is 95.1 Å². The van der Waals surface area contributed by atoms with E-state index < -0.39 is 65.8 Å². The lowest BCUT2D eigenvalue weighted by Gasteiger charge is -2.30. The van der Waals surface area contributed by atoms with Gasteiger partial charge in [-0.1, -0.05) is 37.3 Å². The minimum absolute atomic E-state index is 0.121. The molecule has 1 aromatic heterocycles. The van der Waals surface area contributed by atoms with E-state index in [1.54, 1.807) is 30.6 Å². The highest BCUT2D eigenvalue weighted by Crippen LogP contribution is 2.21. The predicted octanol–water partition coefficient (Wildman–Crippen LogP) is 1.17. The first-order chi connectivity index (χ1) is 24.5. The number of fused-ring (bicyclic) bond motifs is 2. The molecule has 0 aliphatic carbocycles. The van der Waals surface area contributed by atoms with Crippen LogP contribution in [0.5, 0.6) is 0 Å². The average molecular weight is 720 g/mol. The van der Waals surface area contributed by atoms with Crippen LogP contribution in [-0.2, 0) is 30.4 Å². The third-order valence-electron chi connectivity index (χ3n) is 9.27. The van der Waals surface area contributed by atoms with Crippen LogP contribution in [0.3, 0.4) is 0 Å². The van der Waals surface area contributed by atoms with Crippen molar-refractivity contribution in [2.24, 2.45) is 0 Å². The quantitative estimate of drug-likeness (QED) is 0.218. The van der Waals surface area contributed by atoms with Gasteiger partial charge in [-0.2, -0.15) is 0 Å². The van der Waals surface area contributed by atoms with Gasteiger partial charge in [0.25, 0.3) is 5.91 Å². The van der Waals surface area contributed by atoms with E-state index in [0.717, 1.165) is 15.8 Å². The third kappa shape index (κ3) is 9.47. The Morgan fingerprint density at radius 2 is 1.71 bits per heavy atom. The van der Waals surface area contributed by atoms with Crippen molar-refractivity contribution < 1.29 is 33.9 Å². The molecular weight excluding hydrogens is 675 g/mol. The molecular formula is C36H45N7O7S. The maximum Gasteiger partial charge on any atom is 0.251 e. The van der Waals surface area contributed by atoms with Crippen molar-refractivity contribution in [1.82, 2.24) is 36.5 Å². The molecule has 51 heavy (non-hydrogen) atoms. The summed E-state index contributed by atoms with van der Waals surface area (Å²) in [6, 6.07) is 8.73. The Morgan fingerprint density at radius 1 is 0.941 bits per heavy atom. The van der Waals surface area contributed by atoms with E-state index in [2.05, 4.69) is 31.6 Å². The van der Waals surface area contributed by atoms with Gasteiger partial charge in [-0.3, -0.25) is 28.8 Å². The van der Waals surface area contributed by atoms with Gasteiger partial charge in [0.15, 0.2) is 0 Å². The molecule has 0 bridgehead atoms. The van der Waals surface area contributed by atoms with Crippen LogP contribution in [0.2, 0.25) is 0 Å². The van der Waals surface area contributed by atoms with E-state index in [-0.39, 0.29) is 31.7 Å². The van der Waals surface area contributed by atoms with E-state index in [0.29, 0.717) is 37.8 Å². The van der Waals surface area contributed by atoms with Gasteiger partial charge in [0, 0.05) is 25.1 Å². The lowest BCUT2D eigenvalue weighted by Crippen LogP contribution is -2.61. The van der Waals surface area contributed by atoms with Gasteiger partial charge in [-0.25, -0.2) is 4.98 Å². The molecule has 6 amide bonds. The first-order valence-electron chi connectivity index (χ1n) is 17.4. The van der Waals surface area contributed by atoms with Crippen LogP contribution in [0, 0.1) is 0 Å². The molecule has 5 rings (SSSR count). The third-order valence-corrected chi connectivity index (χ3v) is 10.1. The Morgan fingerprint density at radius 3 is 2.45 bits per heavy atom. The van der Waals surface area contributed by atoms with Crippen LogP contribution in [-0.4, -0.2) is 99.8 Å². The van der Waals surface area contributed by atoms with Gasteiger partial charge in [0.1, 0.15) is 30.2 Å². The average Bonchev–Trinajstić information content (AvgIpc) is 3.81. The van der Waals surface area contributed by atoms with Crippen LogP contribution in [0.25, 0.3) is 10.2 Å². The minimum Gasteiger partial charge on any atom is -0.391 e. The summed E-state index contributed by atoms with van der Waals surface area (Å²) in [4.78, 5) is 87.3. The number of hydrogen-bond acceptors (Lipinski definition) is 9. The summed E-state index contributed by atoms with van der Waals surface area (Å²) in [5.74, 6) is -3.34. The molecule has 2 aliphatic rings. The minimum atomic E-state index is -1.47. The zero-order valence-electron chi connectivity index (χ0n) is 28.7. The van der Waals surface area contributed by atoms with E-state index in [1.807, 2.05) is 30.3 Å². The normalized spacial score (nSPS) is 25.0. The second-order valence-electron chi connectivity index (χ2n) is 13.0. The smallest absolute Gasteiger partial charge is 0.251 e. The molecule has 0 radical (unpaired) electrons. The fourth-order valence-electron chi connectivity index (χ4n) is 6.41. The summed E-state index contributed by atoms with van der Waals surface area (Å²) in [6.07, 6.45) is 1.10. The summed E-state index contributed by atoms with van der Waals surface area (Å²) in [6.45, 7) is 3.63. The van der Waals surface area contributed by atoms with Gasteiger partial charge in [0.05, 0.1) is 21.8 Å². The monoisotopic (exact) mass is 719 g/mol. The molecule has 2 fully saturated rings. The molecule has 0 unspecified atom stereocenters. The number of amides is 6. The number of aliphatic hydroxyl groups is 1. The van der Waals surface area contributed by atoms with Gasteiger partial charge in [-0.15, -0.1) is 11.3 Å². The van der Waals surface area contributed by atoms with E-state index in [9.17, 15) is 33.9 Å². The molecule has 3 aromatic rings. The molecule has 2 aromatic carbocycles. The molecule has 2 aliphatic heterocycles. The Labute approximate surface area is 300 Å². The summed E-state index contributed by atoms with van der Waals surface area (Å²) in [7, 11) is 0. The van der Waals surface area contributed by atoms with E-state index in [4.69, 9.17) is 0 Å². The predicted molar refractivity (Wildman–Crippen MR) is 190 cm³/mol. The number of carbonyl (C=O) groups excluding carboxylic acids is 6. The summed E-state index contributed by atoms with van der Waals surface area (Å²) in [5.41, 5.74) is 3.55. The first-order valence-corrected chi connectivity index (χ1v) is 18.3. The largest absolute Gasteiger partial charge is 0.391 e. The molecule has 15 heteroatoms. The number of benzene rings is 2. The maximum atomic E-state index is 14.0. The second kappa shape index (κ2) is 17.4. The zero-order chi connectivity index (χ0) is 36.5. The Hall–Kier alpha value is -4.89. The van der Waals surface area contributed by atoms with Crippen LogP contribution >= 0.6 is 11.3 Å². The molecule has 272 valence electrons. The van der Waals surface area contributed by atoms with Crippen molar-refractivity contribution in [3.05, 3.63) is 65.2 Å². The standard InChI is InChI=1S/C36H45N7O7S/c1-3-24-32(46)42-30(21(2)44)35(49)41-27(18-22-10-5-4-6-11-22)36(50)43-17-9-13-28(43)34(48)37-16-8-7-12-26(33(47)39-24)40-31(45)23-14-15-25-29(19-23)51-20-38-25/h4-6,10-11,14-15,19-21,24,26-28,30,44H,3,7-9,12-13,16-18H2,1-2H3,(H,37,48)(H,39,47)(H,40,45)(H,41,49)(H,42,46)/t21-,24+,26+,27-,28+,30+/m1/s1. The van der Waals surface area contributed by atoms with Crippen molar-refractivity contribution in [3.63, 3.8) is 0 Å². The number of thiazole rings is 1. The molecule has 6 N–H and O–H groups in total. The highest BCUT2D eigenvalue weighted by Gasteiger charge is 2.39. The number of aromatic nitrogens is 1. The van der Waals surface area contributed by atoms with Crippen LogP contribution in [0.15, 0.2) is 54.0 Å². The zero-order valence-corrected chi connectivity index (χ0v) is 29.5. The molecule has 2 saturated heterocycles. The molecule has 14 nitrogen and oxygen atoms in total. The summed E-state index contributed by atoms with van der Waals surface area (Å²) < 4.78 is 0.816. The van der Waals surface area contributed by atoms with Gasteiger partial charge in [0.2, 0.25) is 29.5 Å². The Bertz CT molecular complexity index is 1730. The van der Waals surface area contributed by atoms with Gasteiger partial charge < -0.3 is 36.6 Å². The summed E-state index contributed by atoms with van der Waals surface area (Å²) >= 11 is 1.39. The number of carbonyl (C=O) groups is 6. The lowest BCUT2D eigenvalue weighted by molar-refractivity contribution is -0.142. The topological polar surface area (TPSA) is 199 Å². The number of nitrogens with one attached hydrogen (secondary N) is 5. The Balaban J connectivity index is 1.39. The number of aliphatic hydroxyl groups excluding tert-OH is 1. The second-order valence-corrected chi connectivity index (χ2v) is 13.9. The van der Waals surface area contributed by atoms with Crippen LogP contribution < -0.4 is 26.6 Å². The highest BCUT2D eigenvalue weighted by atomic mass is 32.1. The molecule has 3 heterocycles. The Kier molecular flexibility index (Phi) is 12.7. The SMILES string of the molecule is CC[C@@H]1NC(=O)[C@@H](NC(=O)c2ccc3ncsc3c2)CCCCNC(=O)[C@@H]2CCCN2C(=O)[C@@H](Cc2ccccc2)NC(=O)[C@H]([C@@H](C)O)NC1=O. The van der Waals surface area contributed by atoms with Crippen LogP contribution in [0.1, 0.15) is 68.3 Å². The molecule has 6 atom stereocenters. The number of rotatable bonds is 6. The fraction of sp³-hybridized carbons (Fsp3) is 0.472. The van der Waals surface area contributed by atoms with Crippen LogP contribution in [0.4, 0.5) is 0 Å². The van der Waals surface area contributed by atoms with Crippen molar-refractivity contribution in [1.29, 1.82) is 0 Å². The number of nitrogens with zero attached hydrogens (tertiary/aromatic N) is 2. The van der Waals surface area contributed by atoms with Gasteiger partial charge >= 0.3 is 0 Å². The molecule has 0 spiro atoms. The van der Waals surface area contributed by atoms with Crippen molar-refractivity contribution in [2.75, 3.05) is 13.1 Å². The van der Waals surface area contributed by atoms with E-state index in [1.165, 1.54) is 23.2 Å². The summed E-state index contributed by atoms with van der Waals surface area (Å²) in [5, 5.41) is 24.3. The lowest BCUT2D eigenvalue weighted by atomic mass is 10.0.